The summed E-state index contributed by atoms with van der Waals surface area (Å²) in [5.41, 5.74) is 10.8. The van der Waals surface area contributed by atoms with Gasteiger partial charge in [-0.05, 0) is 47.9 Å². The highest BCUT2D eigenvalue weighted by molar-refractivity contribution is 6.33. The van der Waals surface area contributed by atoms with Crippen LogP contribution in [0.15, 0.2) is 36.4 Å². The molecule has 1 unspecified atom stereocenters. The monoisotopic (exact) mass is 301 g/mol. The van der Waals surface area contributed by atoms with E-state index in [2.05, 4.69) is 6.07 Å². The highest BCUT2D eigenvalue weighted by atomic mass is 35.5. The molecule has 3 rings (SSSR count). The van der Waals surface area contributed by atoms with Crippen molar-refractivity contribution in [3.8, 4) is 11.1 Å². The smallest absolute Gasteiger partial charge is 0.337 e. The topological polar surface area (TPSA) is 52.3 Å². The predicted molar refractivity (Wildman–Crippen MR) is 83.7 cm³/mol. The maximum atomic E-state index is 11.7. The highest BCUT2D eigenvalue weighted by Gasteiger charge is 2.30. The Kier molecular flexibility index (Phi) is 3.70. The molecule has 0 saturated carbocycles. The molecule has 21 heavy (non-hydrogen) atoms. The first kappa shape index (κ1) is 14.1. The van der Waals surface area contributed by atoms with Crippen LogP contribution < -0.4 is 5.73 Å². The summed E-state index contributed by atoms with van der Waals surface area (Å²) >= 11 is 6.37. The minimum Gasteiger partial charge on any atom is -0.465 e. The Labute approximate surface area is 128 Å². The molecule has 0 amide bonds. The average molecular weight is 302 g/mol. The van der Waals surface area contributed by atoms with Gasteiger partial charge in [0.1, 0.15) is 0 Å². The molecular formula is C17H16ClNO2. The molecule has 2 aromatic rings. The number of carbonyl (C=O) groups is 1. The van der Waals surface area contributed by atoms with E-state index in [1.807, 2.05) is 24.3 Å². The highest BCUT2D eigenvalue weighted by Crippen LogP contribution is 2.49. The van der Waals surface area contributed by atoms with Crippen molar-refractivity contribution < 1.29 is 9.53 Å². The van der Waals surface area contributed by atoms with Crippen LogP contribution in [-0.2, 0) is 4.74 Å². The molecule has 0 radical (unpaired) electrons. The van der Waals surface area contributed by atoms with Crippen molar-refractivity contribution in [1.29, 1.82) is 0 Å². The predicted octanol–water partition coefficient (Wildman–Crippen LogP) is 3.59. The summed E-state index contributed by atoms with van der Waals surface area (Å²) in [7, 11) is 1.39. The van der Waals surface area contributed by atoms with E-state index in [1.165, 1.54) is 12.7 Å². The fourth-order valence-electron chi connectivity index (χ4n) is 3.08. The largest absolute Gasteiger partial charge is 0.465 e. The molecule has 108 valence electrons. The van der Waals surface area contributed by atoms with Gasteiger partial charge in [-0.3, -0.25) is 0 Å². The van der Waals surface area contributed by atoms with E-state index < -0.39 is 0 Å². The van der Waals surface area contributed by atoms with Crippen LogP contribution in [0, 0.1) is 0 Å². The third kappa shape index (κ3) is 2.23. The number of methoxy groups -OCH3 is 1. The van der Waals surface area contributed by atoms with Gasteiger partial charge in [0, 0.05) is 16.5 Å². The van der Waals surface area contributed by atoms with Crippen molar-refractivity contribution in [3.63, 3.8) is 0 Å². The molecule has 0 heterocycles. The number of ether oxygens (including phenoxy) is 1. The van der Waals surface area contributed by atoms with Crippen LogP contribution in [0.3, 0.4) is 0 Å². The third-order valence-corrected chi connectivity index (χ3v) is 4.31. The molecule has 1 aliphatic rings. The molecule has 0 bridgehead atoms. The molecular weight excluding hydrogens is 286 g/mol. The zero-order valence-electron chi connectivity index (χ0n) is 11.7. The number of rotatable bonds is 3. The molecule has 0 saturated heterocycles. The zero-order chi connectivity index (χ0) is 15.0. The number of benzene rings is 2. The molecule has 1 aliphatic carbocycles. The van der Waals surface area contributed by atoms with Crippen molar-refractivity contribution in [3.05, 3.63) is 58.1 Å². The van der Waals surface area contributed by atoms with E-state index >= 15 is 0 Å². The van der Waals surface area contributed by atoms with Gasteiger partial charge >= 0.3 is 5.97 Å². The Balaban J connectivity index is 2.19. The number of fused-ring (bicyclic) bond motifs is 3. The van der Waals surface area contributed by atoms with E-state index in [4.69, 9.17) is 22.1 Å². The first-order valence-electron chi connectivity index (χ1n) is 6.88. The standard InChI is InChI=1S/C17H16ClNO2/c1-21-17(20)10-5-6-13-14(9-10)11(7-8-19)12-3-2-4-15(18)16(12)13/h2-6,9,11H,7-8,19H2,1H3. The fourth-order valence-corrected chi connectivity index (χ4v) is 3.37. The fraction of sp³-hybridized carbons (Fsp3) is 0.235. The molecule has 0 fully saturated rings. The van der Waals surface area contributed by atoms with Gasteiger partial charge in [-0.1, -0.05) is 29.8 Å². The van der Waals surface area contributed by atoms with Gasteiger partial charge in [-0.25, -0.2) is 4.79 Å². The molecule has 0 aliphatic heterocycles. The van der Waals surface area contributed by atoms with Gasteiger partial charge in [0.2, 0.25) is 0 Å². The molecule has 1 atom stereocenters. The van der Waals surface area contributed by atoms with Crippen molar-refractivity contribution in [2.75, 3.05) is 13.7 Å². The minimum absolute atomic E-state index is 0.184. The van der Waals surface area contributed by atoms with Crippen molar-refractivity contribution in [1.82, 2.24) is 0 Å². The maximum absolute atomic E-state index is 11.7. The van der Waals surface area contributed by atoms with E-state index in [0.29, 0.717) is 12.1 Å². The van der Waals surface area contributed by atoms with Crippen molar-refractivity contribution in [2.45, 2.75) is 12.3 Å². The van der Waals surface area contributed by atoms with Crippen LogP contribution in [0.25, 0.3) is 11.1 Å². The molecule has 3 nitrogen and oxygen atoms in total. The van der Waals surface area contributed by atoms with Crippen LogP contribution in [-0.4, -0.2) is 19.6 Å². The molecule has 0 spiro atoms. The van der Waals surface area contributed by atoms with Gasteiger partial charge in [0.15, 0.2) is 0 Å². The summed E-state index contributed by atoms with van der Waals surface area (Å²) < 4.78 is 4.80. The van der Waals surface area contributed by atoms with Gasteiger partial charge in [-0.15, -0.1) is 0 Å². The van der Waals surface area contributed by atoms with Crippen LogP contribution in [0.1, 0.15) is 33.8 Å². The average Bonchev–Trinajstić information content (AvgIpc) is 2.82. The lowest BCUT2D eigenvalue weighted by Gasteiger charge is -2.12. The molecule has 4 heteroatoms. The van der Waals surface area contributed by atoms with E-state index in [-0.39, 0.29) is 11.9 Å². The number of hydrogen-bond acceptors (Lipinski definition) is 3. The summed E-state index contributed by atoms with van der Waals surface area (Å²) in [6.07, 6.45) is 0.824. The number of hydrogen-bond donors (Lipinski definition) is 1. The Morgan fingerprint density at radius 2 is 2.10 bits per heavy atom. The Morgan fingerprint density at radius 3 is 2.81 bits per heavy atom. The van der Waals surface area contributed by atoms with Crippen LogP contribution >= 0.6 is 11.6 Å². The Morgan fingerprint density at radius 1 is 1.29 bits per heavy atom. The molecule has 2 N–H and O–H groups in total. The molecule has 2 aromatic carbocycles. The summed E-state index contributed by atoms with van der Waals surface area (Å²) in [6.45, 7) is 0.582. The second-order valence-corrected chi connectivity index (χ2v) is 5.53. The summed E-state index contributed by atoms with van der Waals surface area (Å²) in [4.78, 5) is 11.7. The van der Waals surface area contributed by atoms with Crippen molar-refractivity contribution in [2.24, 2.45) is 5.73 Å². The zero-order valence-corrected chi connectivity index (χ0v) is 12.5. The summed E-state index contributed by atoms with van der Waals surface area (Å²) in [6, 6.07) is 11.6. The Bertz CT molecular complexity index is 712. The van der Waals surface area contributed by atoms with Crippen LogP contribution in [0.4, 0.5) is 0 Å². The van der Waals surface area contributed by atoms with Crippen molar-refractivity contribution >= 4 is 17.6 Å². The second kappa shape index (κ2) is 5.51. The quantitative estimate of drug-likeness (QED) is 0.882. The van der Waals surface area contributed by atoms with E-state index in [9.17, 15) is 4.79 Å². The van der Waals surface area contributed by atoms with E-state index in [0.717, 1.165) is 28.1 Å². The SMILES string of the molecule is COC(=O)c1ccc2c(c1)C(CCN)c1cccc(Cl)c1-2. The van der Waals surface area contributed by atoms with Crippen LogP contribution in [0.2, 0.25) is 5.02 Å². The third-order valence-electron chi connectivity index (χ3n) is 3.99. The second-order valence-electron chi connectivity index (χ2n) is 5.13. The number of nitrogens with two attached hydrogens (primary N) is 1. The van der Waals surface area contributed by atoms with Gasteiger partial charge in [-0.2, -0.15) is 0 Å². The lowest BCUT2D eigenvalue weighted by atomic mass is 9.93. The summed E-state index contributed by atoms with van der Waals surface area (Å²) in [5.74, 6) is -0.144. The number of esters is 1. The normalized spacial score (nSPS) is 15.5. The van der Waals surface area contributed by atoms with Gasteiger partial charge < -0.3 is 10.5 Å². The first-order valence-corrected chi connectivity index (χ1v) is 7.26. The number of halogens is 1. The lowest BCUT2D eigenvalue weighted by Crippen LogP contribution is -2.07. The summed E-state index contributed by atoms with van der Waals surface area (Å²) in [5, 5.41) is 0.735. The number of carbonyl (C=O) groups excluding carboxylic acids is 1. The van der Waals surface area contributed by atoms with Crippen LogP contribution in [0.5, 0.6) is 0 Å². The minimum atomic E-state index is -0.327. The van der Waals surface area contributed by atoms with Gasteiger partial charge in [0.25, 0.3) is 0 Å². The van der Waals surface area contributed by atoms with E-state index in [1.54, 1.807) is 6.07 Å². The maximum Gasteiger partial charge on any atom is 0.337 e. The Hall–Kier alpha value is -1.84. The molecule has 0 aromatic heterocycles. The van der Waals surface area contributed by atoms with Gasteiger partial charge in [0.05, 0.1) is 12.7 Å². The first-order chi connectivity index (χ1) is 10.2. The lowest BCUT2D eigenvalue weighted by molar-refractivity contribution is 0.0600.